The summed E-state index contributed by atoms with van der Waals surface area (Å²) in [6, 6.07) is 0. The van der Waals surface area contributed by atoms with Gasteiger partial charge in [-0.25, -0.2) is 0 Å². The van der Waals surface area contributed by atoms with E-state index in [0.29, 0.717) is 18.4 Å². The molecule has 1 aliphatic rings. The van der Waals surface area contributed by atoms with Crippen LogP contribution in [-0.2, 0) is 4.79 Å². The SMILES string of the molecule is CCC(CCN)CNC(=O)C(C)C1CC1. The molecule has 0 spiro atoms. The summed E-state index contributed by atoms with van der Waals surface area (Å²) in [6.45, 7) is 5.70. The summed E-state index contributed by atoms with van der Waals surface area (Å²) in [4.78, 5) is 11.7. The van der Waals surface area contributed by atoms with Gasteiger partial charge < -0.3 is 11.1 Å². The van der Waals surface area contributed by atoms with Crippen molar-refractivity contribution in [2.75, 3.05) is 13.1 Å². The number of carbonyl (C=O) groups excluding carboxylic acids is 1. The summed E-state index contributed by atoms with van der Waals surface area (Å²) in [6.07, 6.45) is 4.56. The number of carbonyl (C=O) groups is 1. The Morgan fingerprint density at radius 2 is 2.20 bits per heavy atom. The van der Waals surface area contributed by atoms with Crippen LogP contribution in [0.1, 0.15) is 39.5 Å². The Hall–Kier alpha value is -0.570. The van der Waals surface area contributed by atoms with Gasteiger partial charge in [0.2, 0.25) is 5.91 Å². The maximum absolute atomic E-state index is 11.7. The fourth-order valence-corrected chi connectivity index (χ4v) is 1.90. The first-order chi connectivity index (χ1) is 7.19. The maximum Gasteiger partial charge on any atom is 0.223 e. The molecular weight excluding hydrogens is 188 g/mol. The van der Waals surface area contributed by atoms with Crippen molar-refractivity contribution < 1.29 is 4.79 Å². The van der Waals surface area contributed by atoms with Crippen molar-refractivity contribution in [2.45, 2.75) is 39.5 Å². The molecule has 3 nitrogen and oxygen atoms in total. The van der Waals surface area contributed by atoms with Crippen LogP contribution in [0.15, 0.2) is 0 Å². The molecule has 0 heterocycles. The van der Waals surface area contributed by atoms with E-state index < -0.39 is 0 Å². The van der Waals surface area contributed by atoms with Crippen LogP contribution in [0.4, 0.5) is 0 Å². The lowest BCUT2D eigenvalue weighted by Crippen LogP contribution is -2.34. The minimum absolute atomic E-state index is 0.209. The lowest BCUT2D eigenvalue weighted by molar-refractivity contribution is -0.125. The first-order valence-electron chi connectivity index (χ1n) is 6.16. The molecule has 1 aliphatic carbocycles. The highest BCUT2D eigenvalue weighted by Gasteiger charge is 2.32. The Bertz CT molecular complexity index is 202. The van der Waals surface area contributed by atoms with Crippen molar-refractivity contribution in [2.24, 2.45) is 23.5 Å². The van der Waals surface area contributed by atoms with Crippen LogP contribution in [0, 0.1) is 17.8 Å². The van der Waals surface area contributed by atoms with Gasteiger partial charge in [0, 0.05) is 12.5 Å². The van der Waals surface area contributed by atoms with E-state index in [4.69, 9.17) is 5.73 Å². The number of nitrogens with one attached hydrogen (secondary N) is 1. The maximum atomic E-state index is 11.7. The predicted octanol–water partition coefficient (Wildman–Crippen LogP) is 1.52. The van der Waals surface area contributed by atoms with Crippen molar-refractivity contribution in [1.82, 2.24) is 5.32 Å². The van der Waals surface area contributed by atoms with Crippen LogP contribution >= 0.6 is 0 Å². The van der Waals surface area contributed by atoms with Gasteiger partial charge >= 0.3 is 0 Å². The van der Waals surface area contributed by atoms with Gasteiger partial charge in [0.15, 0.2) is 0 Å². The Morgan fingerprint density at radius 1 is 1.53 bits per heavy atom. The average Bonchev–Trinajstić information content (AvgIpc) is 3.06. The molecule has 15 heavy (non-hydrogen) atoms. The molecule has 0 aliphatic heterocycles. The Morgan fingerprint density at radius 3 is 2.67 bits per heavy atom. The molecule has 0 aromatic carbocycles. The third-order valence-electron chi connectivity index (χ3n) is 3.46. The summed E-state index contributed by atoms with van der Waals surface area (Å²) in [7, 11) is 0. The number of amides is 1. The van der Waals surface area contributed by atoms with Crippen molar-refractivity contribution in [3.63, 3.8) is 0 Å². The van der Waals surface area contributed by atoms with Crippen LogP contribution in [0.5, 0.6) is 0 Å². The molecule has 0 aromatic heterocycles. The fourth-order valence-electron chi connectivity index (χ4n) is 1.90. The standard InChI is InChI=1S/C12H24N2O/c1-3-10(6-7-13)8-14-12(15)9(2)11-4-5-11/h9-11H,3-8,13H2,1-2H3,(H,14,15). The molecular formula is C12H24N2O. The minimum atomic E-state index is 0.209. The summed E-state index contributed by atoms with van der Waals surface area (Å²) in [5.74, 6) is 1.64. The lowest BCUT2D eigenvalue weighted by Gasteiger charge is -2.16. The van der Waals surface area contributed by atoms with E-state index in [2.05, 4.69) is 12.2 Å². The van der Waals surface area contributed by atoms with E-state index in [1.807, 2.05) is 6.92 Å². The summed E-state index contributed by atoms with van der Waals surface area (Å²) < 4.78 is 0. The van der Waals surface area contributed by atoms with E-state index in [0.717, 1.165) is 19.4 Å². The van der Waals surface area contributed by atoms with Gasteiger partial charge in [-0.05, 0) is 37.6 Å². The molecule has 3 N–H and O–H groups in total. The van der Waals surface area contributed by atoms with Crippen molar-refractivity contribution in [3.05, 3.63) is 0 Å². The second-order valence-electron chi connectivity index (χ2n) is 4.72. The number of rotatable bonds is 7. The molecule has 0 radical (unpaired) electrons. The normalized spacial score (nSPS) is 19.7. The number of hydrogen-bond acceptors (Lipinski definition) is 2. The van der Waals surface area contributed by atoms with Gasteiger partial charge in [-0.15, -0.1) is 0 Å². The summed E-state index contributed by atoms with van der Waals surface area (Å²) >= 11 is 0. The molecule has 2 atom stereocenters. The van der Waals surface area contributed by atoms with Crippen LogP contribution in [0.25, 0.3) is 0 Å². The van der Waals surface area contributed by atoms with Gasteiger partial charge in [-0.3, -0.25) is 4.79 Å². The second-order valence-corrected chi connectivity index (χ2v) is 4.72. The van der Waals surface area contributed by atoms with Gasteiger partial charge in [-0.1, -0.05) is 20.3 Å². The molecule has 0 saturated heterocycles. The van der Waals surface area contributed by atoms with E-state index >= 15 is 0 Å². The van der Waals surface area contributed by atoms with E-state index in [9.17, 15) is 4.79 Å². The largest absolute Gasteiger partial charge is 0.356 e. The zero-order valence-electron chi connectivity index (χ0n) is 9.96. The van der Waals surface area contributed by atoms with E-state index in [1.54, 1.807) is 0 Å². The van der Waals surface area contributed by atoms with Crippen LogP contribution in [0.3, 0.4) is 0 Å². The monoisotopic (exact) mass is 212 g/mol. The number of nitrogens with two attached hydrogens (primary N) is 1. The molecule has 1 fully saturated rings. The quantitative estimate of drug-likeness (QED) is 0.672. The van der Waals surface area contributed by atoms with E-state index in [-0.39, 0.29) is 11.8 Å². The highest BCUT2D eigenvalue weighted by molar-refractivity contribution is 5.78. The van der Waals surface area contributed by atoms with Gasteiger partial charge in [-0.2, -0.15) is 0 Å². The van der Waals surface area contributed by atoms with Crippen LogP contribution in [-0.4, -0.2) is 19.0 Å². The topological polar surface area (TPSA) is 55.1 Å². The summed E-state index contributed by atoms with van der Waals surface area (Å²) in [5.41, 5.74) is 5.52. The van der Waals surface area contributed by atoms with Crippen molar-refractivity contribution in [3.8, 4) is 0 Å². The molecule has 1 amide bonds. The van der Waals surface area contributed by atoms with Gasteiger partial charge in [0.1, 0.15) is 0 Å². The Kier molecular flexibility index (Phi) is 5.09. The van der Waals surface area contributed by atoms with Gasteiger partial charge in [0.05, 0.1) is 0 Å². The molecule has 0 aromatic rings. The van der Waals surface area contributed by atoms with Crippen molar-refractivity contribution >= 4 is 5.91 Å². The Labute approximate surface area is 92.8 Å². The minimum Gasteiger partial charge on any atom is -0.356 e. The number of hydrogen-bond donors (Lipinski definition) is 2. The Balaban J connectivity index is 2.19. The van der Waals surface area contributed by atoms with Crippen LogP contribution < -0.4 is 11.1 Å². The van der Waals surface area contributed by atoms with Crippen molar-refractivity contribution in [1.29, 1.82) is 0 Å². The highest BCUT2D eigenvalue weighted by atomic mass is 16.1. The molecule has 1 rings (SSSR count). The summed E-state index contributed by atoms with van der Waals surface area (Å²) in [5, 5.41) is 3.05. The van der Waals surface area contributed by atoms with E-state index in [1.165, 1.54) is 12.8 Å². The predicted molar refractivity (Wildman–Crippen MR) is 62.4 cm³/mol. The first-order valence-corrected chi connectivity index (χ1v) is 6.16. The fraction of sp³-hybridized carbons (Fsp3) is 0.917. The molecule has 2 unspecified atom stereocenters. The third-order valence-corrected chi connectivity index (χ3v) is 3.46. The van der Waals surface area contributed by atoms with Gasteiger partial charge in [0.25, 0.3) is 0 Å². The molecule has 3 heteroatoms. The highest BCUT2D eigenvalue weighted by Crippen LogP contribution is 2.36. The molecule has 88 valence electrons. The second kappa shape index (κ2) is 6.11. The third kappa shape index (κ3) is 4.20. The zero-order valence-corrected chi connectivity index (χ0v) is 9.96. The average molecular weight is 212 g/mol. The first kappa shape index (κ1) is 12.5. The molecule has 0 bridgehead atoms. The zero-order chi connectivity index (χ0) is 11.3. The lowest BCUT2D eigenvalue weighted by atomic mass is 10.0. The van der Waals surface area contributed by atoms with Crippen LogP contribution in [0.2, 0.25) is 0 Å². The smallest absolute Gasteiger partial charge is 0.223 e. The molecule has 1 saturated carbocycles.